The molecule has 17 heavy (non-hydrogen) atoms. The van der Waals surface area contributed by atoms with E-state index >= 15 is 0 Å². The average Bonchev–Trinajstić information content (AvgIpc) is 2.25. The van der Waals surface area contributed by atoms with E-state index in [2.05, 4.69) is 43.0 Å². The number of nitrogens with two attached hydrogens (primary N) is 1. The van der Waals surface area contributed by atoms with Gasteiger partial charge in [0, 0.05) is 6.54 Å². The molecule has 0 bridgehead atoms. The van der Waals surface area contributed by atoms with Gasteiger partial charge >= 0.3 is 0 Å². The molecule has 0 radical (unpaired) electrons. The van der Waals surface area contributed by atoms with Gasteiger partial charge in [-0.15, -0.1) is 0 Å². The van der Waals surface area contributed by atoms with Gasteiger partial charge in [0.15, 0.2) is 5.82 Å². The van der Waals surface area contributed by atoms with Crippen LogP contribution < -0.4 is 15.8 Å². The first-order valence-electron chi connectivity index (χ1n) is 5.97. The number of rotatable bonds is 6. The van der Waals surface area contributed by atoms with E-state index in [1.165, 1.54) is 6.33 Å². The molecule has 0 spiro atoms. The minimum Gasteiger partial charge on any atom is -0.476 e. The summed E-state index contributed by atoms with van der Waals surface area (Å²) in [6, 6.07) is 0. The lowest BCUT2D eigenvalue weighted by Gasteiger charge is -2.13. The van der Waals surface area contributed by atoms with E-state index in [0.717, 1.165) is 6.54 Å². The summed E-state index contributed by atoms with van der Waals surface area (Å²) in [5.41, 5.74) is 6.42. The van der Waals surface area contributed by atoms with Gasteiger partial charge < -0.3 is 15.8 Å². The van der Waals surface area contributed by atoms with Crippen molar-refractivity contribution in [1.29, 1.82) is 0 Å². The van der Waals surface area contributed by atoms with Crippen LogP contribution in [-0.4, -0.2) is 23.1 Å². The van der Waals surface area contributed by atoms with E-state index in [1.54, 1.807) is 0 Å². The van der Waals surface area contributed by atoms with Crippen LogP contribution in [0.25, 0.3) is 0 Å². The van der Waals surface area contributed by atoms with Gasteiger partial charge in [-0.2, -0.15) is 4.98 Å². The van der Waals surface area contributed by atoms with E-state index in [-0.39, 0.29) is 0 Å². The van der Waals surface area contributed by atoms with Crippen LogP contribution in [0.1, 0.15) is 27.7 Å². The van der Waals surface area contributed by atoms with Crippen molar-refractivity contribution in [2.75, 3.05) is 24.2 Å². The minimum absolute atomic E-state index is 0.441. The second-order valence-corrected chi connectivity index (χ2v) is 4.92. The molecule has 0 aliphatic heterocycles. The fourth-order valence-corrected chi connectivity index (χ4v) is 1.18. The molecule has 0 aromatic carbocycles. The van der Waals surface area contributed by atoms with Crippen LogP contribution in [0.2, 0.25) is 0 Å². The molecule has 1 rings (SSSR count). The molecule has 0 atom stereocenters. The molecule has 0 saturated heterocycles. The highest BCUT2D eigenvalue weighted by Crippen LogP contribution is 2.24. The Hall–Kier alpha value is -1.52. The molecule has 1 heterocycles. The Kier molecular flexibility index (Phi) is 5.00. The number of nitrogen functional groups attached to an aromatic ring is 1. The number of ether oxygens (including phenoxy) is 1. The summed E-state index contributed by atoms with van der Waals surface area (Å²) in [5, 5.41) is 3.18. The quantitative estimate of drug-likeness (QED) is 0.794. The Balaban J connectivity index is 2.69. The zero-order valence-electron chi connectivity index (χ0n) is 11.0. The number of aromatic nitrogens is 2. The molecule has 5 nitrogen and oxygen atoms in total. The highest BCUT2D eigenvalue weighted by Gasteiger charge is 2.09. The normalized spacial score (nSPS) is 10.9. The van der Waals surface area contributed by atoms with Crippen LogP contribution in [0.5, 0.6) is 5.88 Å². The minimum atomic E-state index is 0.441. The van der Waals surface area contributed by atoms with Gasteiger partial charge in [-0.1, -0.05) is 27.7 Å². The van der Waals surface area contributed by atoms with Gasteiger partial charge in [0.25, 0.3) is 0 Å². The Morgan fingerprint density at radius 2 is 1.94 bits per heavy atom. The van der Waals surface area contributed by atoms with E-state index < -0.39 is 0 Å². The largest absolute Gasteiger partial charge is 0.476 e. The third-order valence-electron chi connectivity index (χ3n) is 2.08. The van der Waals surface area contributed by atoms with Crippen LogP contribution in [-0.2, 0) is 0 Å². The molecule has 1 aromatic heterocycles. The molecule has 96 valence electrons. The van der Waals surface area contributed by atoms with Crippen molar-refractivity contribution in [2.24, 2.45) is 11.8 Å². The Bertz CT molecular complexity index is 322. The molecular formula is C12H22N4O. The predicted molar refractivity (Wildman–Crippen MR) is 70.1 cm³/mol. The first-order chi connectivity index (χ1) is 8.00. The van der Waals surface area contributed by atoms with E-state index in [4.69, 9.17) is 10.5 Å². The number of hydrogen-bond acceptors (Lipinski definition) is 5. The second-order valence-electron chi connectivity index (χ2n) is 4.92. The fourth-order valence-electron chi connectivity index (χ4n) is 1.18. The van der Waals surface area contributed by atoms with Crippen molar-refractivity contribution in [2.45, 2.75) is 27.7 Å². The number of anilines is 2. The van der Waals surface area contributed by atoms with Crippen molar-refractivity contribution in [3.05, 3.63) is 6.33 Å². The summed E-state index contributed by atoms with van der Waals surface area (Å²) in [7, 11) is 0. The van der Waals surface area contributed by atoms with Crippen molar-refractivity contribution in [1.82, 2.24) is 9.97 Å². The molecule has 0 amide bonds. The van der Waals surface area contributed by atoms with Crippen molar-refractivity contribution < 1.29 is 4.74 Å². The third-order valence-corrected chi connectivity index (χ3v) is 2.08. The maximum absolute atomic E-state index is 5.94. The smallest absolute Gasteiger partial charge is 0.242 e. The Labute approximate surface area is 103 Å². The Morgan fingerprint density at radius 1 is 1.24 bits per heavy atom. The maximum Gasteiger partial charge on any atom is 0.242 e. The maximum atomic E-state index is 5.94. The number of nitrogens with one attached hydrogen (secondary N) is 1. The van der Waals surface area contributed by atoms with E-state index in [9.17, 15) is 0 Å². The average molecular weight is 238 g/mol. The fraction of sp³-hybridized carbons (Fsp3) is 0.667. The molecule has 0 aliphatic rings. The third kappa shape index (κ3) is 4.46. The molecule has 0 fully saturated rings. The molecule has 5 heteroatoms. The first kappa shape index (κ1) is 13.5. The summed E-state index contributed by atoms with van der Waals surface area (Å²) >= 11 is 0. The molecule has 3 N–H and O–H groups in total. The lowest BCUT2D eigenvalue weighted by Crippen LogP contribution is -2.13. The van der Waals surface area contributed by atoms with Crippen LogP contribution in [0.4, 0.5) is 11.5 Å². The van der Waals surface area contributed by atoms with Crippen molar-refractivity contribution in [3.63, 3.8) is 0 Å². The lowest BCUT2D eigenvalue weighted by atomic mass is 10.2. The van der Waals surface area contributed by atoms with Gasteiger partial charge in [-0.3, -0.25) is 0 Å². The first-order valence-corrected chi connectivity index (χ1v) is 5.97. The number of hydrogen-bond donors (Lipinski definition) is 2. The van der Waals surface area contributed by atoms with E-state index in [0.29, 0.717) is 35.8 Å². The SMILES string of the molecule is CC(C)CNc1ncnc(OCC(C)C)c1N. The molecule has 1 aromatic rings. The topological polar surface area (TPSA) is 73.1 Å². The van der Waals surface area contributed by atoms with Crippen LogP contribution in [0, 0.1) is 11.8 Å². The molecule has 0 aliphatic carbocycles. The monoisotopic (exact) mass is 238 g/mol. The standard InChI is InChI=1S/C12H22N4O/c1-8(2)5-14-11-10(13)12(16-7-15-11)17-6-9(3)4/h7-9H,5-6,13H2,1-4H3,(H,14,15,16). The Morgan fingerprint density at radius 3 is 2.53 bits per heavy atom. The number of nitrogens with zero attached hydrogens (tertiary/aromatic N) is 2. The van der Waals surface area contributed by atoms with Crippen molar-refractivity contribution >= 4 is 11.5 Å². The predicted octanol–water partition coefficient (Wildman–Crippen LogP) is 2.16. The van der Waals surface area contributed by atoms with Crippen LogP contribution in [0.15, 0.2) is 6.33 Å². The summed E-state index contributed by atoms with van der Waals surface area (Å²) < 4.78 is 5.53. The van der Waals surface area contributed by atoms with Gasteiger partial charge in [0.1, 0.15) is 12.0 Å². The van der Waals surface area contributed by atoms with Crippen LogP contribution >= 0.6 is 0 Å². The second kappa shape index (κ2) is 6.27. The summed E-state index contributed by atoms with van der Waals surface area (Å²) in [6.07, 6.45) is 1.47. The van der Waals surface area contributed by atoms with Crippen molar-refractivity contribution in [3.8, 4) is 5.88 Å². The lowest BCUT2D eigenvalue weighted by molar-refractivity contribution is 0.262. The summed E-state index contributed by atoms with van der Waals surface area (Å²) in [5.74, 6) is 2.08. The van der Waals surface area contributed by atoms with Gasteiger partial charge in [-0.05, 0) is 11.8 Å². The highest BCUT2D eigenvalue weighted by atomic mass is 16.5. The molecular weight excluding hydrogens is 216 g/mol. The van der Waals surface area contributed by atoms with Gasteiger partial charge in [-0.25, -0.2) is 4.98 Å². The zero-order chi connectivity index (χ0) is 12.8. The van der Waals surface area contributed by atoms with Crippen LogP contribution in [0.3, 0.4) is 0 Å². The molecule has 0 saturated carbocycles. The zero-order valence-corrected chi connectivity index (χ0v) is 11.0. The summed E-state index contributed by atoms with van der Waals surface area (Å²) in [6.45, 7) is 9.83. The molecule has 0 unspecified atom stereocenters. The van der Waals surface area contributed by atoms with Gasteiger partial charge in [0.2, 0.25) is 5.88 Å². The van der Waals surface area contributed by atoms with Gasteiger partial charge in [0.05, 0.1) is 6.61 Å². The summed E-state index contributed by atoms with van der Waals surface area (Å²) in [4.78, 5) is 8.15. The highest BCUT2D eigenvalue weighted by molar-refractivity contribution is 5.66. The van der Waals surface area contributed by atoms with E-state index in [1.807, 2.05) is 0 Å².